The van der Waals surface area contributed by atoms with Crippen LogP contribution in [0.15, 0.2) is 59.6 Å². The summed E-state index contributed by atoms with van der Waals surface area (Å²) in [6, 6.07) is 17.0. The Balaban J connectivity index is 0.00000312. The summed E-state index contributed by atoms with van der Waals surface area (Å²) in [5.74, 6) is 0.245. The molecule has 0 radical (unpaired) electrons. The van der Waals surface area contributed by atoms with Gasteiger partial charge in [0.05, 0.1) is 6.54 Å². The van der Waals surface area contributed by atoms with Gasteiger partial charge in [0, 0.05) is 16.8 Å². The fourth-order valence-corrected chi connectivity index (χ4v) is 2.11. The number of rotatable bonds is 4. The Kier molecular flexibility index (Phi) is 7.89. The van der Waals surface area contributed by atoms with Crippen molar-refractivity contribution in [1.82, 2.24) is 5.32 Å². The third-order valence-electron chi connectivity index (χ3n) is 3.16. The Labute approximate surface area is 166 Å². The van der Waals surface area contributed by atoms with Gasteiger partial charge in [-0.05, 0) is 50.6 Å². The van der Waals surface area contributed by atoms with E-state index in [1.807, 2.05) is 69.3 Å². The highest BCUT2D eigenvalue weighted by atomic mass is 127. The van der Waals surface area contributed by atoms with E-state index in [2.05, 4.69) is 15.6 Å². The summed E-state index contributed by atoms with van der Waals surface area (Å²) in [5.41, 5.74) is 8.05. The minimum Gasteiger partial charge on any atom is -0.370 e. The van der Waals surface area contributed by atoms with Gasteiger partial charge in [0.25, 0.3) is 5.91 Å². The SMILES string of the molecule is CC(C)(C)NC(=O)c1cccc(CN=C(N)Nc2ccccc2)c1.I. The lowest BCUT2D eigenvalue weighted by molar-refractivity contribution is 0.0919. The van der Waals surface area contributed by atoms with Crippen molar-refractivity contribution in [3.8, 4) is 0 Å². The number of carbonyl (C=O) groups excluding carboxylic acids is 1. The number of amides is 1. The van der Waals surface area contributed by atoms with E-state index in [9.17, 15) is 4.79 Å². The topological polar surface area (TPSA) is 79.5 Å². The fraction of sp³-hybridized carbons (Fsp3) is 0.263. The molecule has 0 bridgehead atoms. The van der Waals surface area contributed by atoms with Crippen LogP contribution in [-0.2, 0) is 6.54 Å². The number of carbonyl (C=O) groups is 1. The van der Waals surface area contributed by atoms with Crippen molar-refractivity contribution in [3.05, 3.63) is 65.7 Å². The summed E-state index contributed by atoms with van der Waals surface area (Å²) in [6.45, 7) is 6.27. The maximum Gasteiger partial charge on any atom is 0.251 e. The molecular formula is C19H25IN4O. The number of benzene rings is 2. The lowest BCUT2D eigenvalue weighted by Gasteiger charge is -2.20. The van der Waals surface area contributed by atoms with Gasteiger partial charge in [0.1, 0.15) is 0 Å². The molecule has 0 saturated carbocycles. The van der Waals surface area contributed by atoms with E-state index >= 15 is 0 Å². The molecule has 2 rings (SSSR count). The molecule has 6 heteroatoms. The van der Waals surface area contributed by atoms with E-state index in [0.29, 0.717) is 18.1 Å². The number of nitrogens with two attached hydrogens (primary N) is 1. The summed E-state index contributed by atoms with van der Waals surface area (Å²) >= 11 is 0. The summed E-state index contributed by atoms with van der Waals surface area (Å²) < 4.78 is 0. The van der Waals surface area contributed by atoms with Crippen LogP contribution in [0.5, 0.6) is 0 Å². The van der Waals surface area contributed by atoms with Crippen molar-refractivity contribution >= 4 is 41.5 Å². The Morgan fingerprint density at radius 1 is 1.08 bits per heavy atom. The highest BCUT2D eigenvalue weighted by Gasteiger charge is 2.15. The van der Waals surface area contributed by atoms with Gasteiger partial charge in [0.2, 0.25) is 0 Å². The number of anilines is 1. The third kappa shape index (κ3) is 7.55. The highest BCUT2D eigenvalue weighted by Crippen LogP contribution is 2.09. The van der Waals surface area contributed by atoms with Crippen molar-refractivity contribution in [2.75, 3.05) is 5.32 Å². The van der Waals surface area contributed by atoms with E-state index in [1.54, 1.807) is 6.07 Å². The van der Waals surface area contributed by atoms with Crippen molar-refractivity contribution < 1.29 is 4.79 Å². The third-order valence-corrected chi connectivity index (χ3v) is 3.16. The molecule has 0 saturated heterocycles. The number of hydrogen-bond donors (Lipinski definition) is 3. The molecule has 2 aromatic rings. The van der Waals surface area contributed by atoms with Crippen LogP contribution in [-0.4, -0.2) is 17.4 Å². The number of nitrogens with zero attached hydrogens (tertiary/aromatic N) is 1. The largest absolute Gasteiger partial charge is 0.370 e. The monoisotopic (exact) mass is 452 g/mol. The zero-order chi connectivity index (χ0) is 17.6. The predicted molar refractivity (Wildman–Crippen MR) is 114 cm³/mol. The second-order valence-electron chi connectivity index (χ2n) is 6.60. The molecule has 5 nitrogen and oxygen atoms in total. The first-order valence-electron chi connectivity index (χ1n) is 7.87. The van der Waals surface area contributed by atoms with Crippen molar-refractivity contribution in [2.24, 2.45) is 10.7 Å². The van der Waals surface area contributed by atoms with Crippen molar-refractivity contribution in [2.45, 2.75) is 32.9 Å². The van der Waals surface area contributed by atoms with Crippen LogP contribution in [0, 0.1) is 0 Å². The minimum absolute atomic E-state index is 0. The lowest BCUT2D eigenvalue weighted by atomic mass is 10.1. The van der Waals surface area contributed by atoms with E-state index in [1.165, 1.54) is 0 Å². The van der Waals surface area contributed by atoms with Gasteiger partial charge in [-0.1, -0.05) is 30.3 Å². The number of hydrogen-bond acceptors (Lipinski definition) is 2. The molecule has 0 aliphatic rings. The number of guanidine groups is 1. The Morgan fingerprint density at radius 2 is 1.76 bits per heavy atom. The average molecular weight is 452 g/mol. The maximum absolute atomic E-state index is 12.2. The Morgan fingerprint density at radius 3 is 2.40 bits per heavy atom. The molecule has 134 valence electrons. The van der Waals surface area contributed by atoms with Crippen LogP contribution in [0.1, 0.15) is 36.7 Å². The molecule has 25 heavy (non-hydrogen) atoms. The number of halogens is 1. The van der Waals surface area contributed by atoms with Gasteiger partial charge >= 0.3 is 0 Å². The van der Waals surface area contributed by atoms with Crippen molar-refractivity contribution in [3.63, 3.8) is 0 Å². The molecule has 2 aromatic carbocycles. The number of nitrogens with one attached hydrogen (secondary N) is 2. The summed E-state index contributed by atoms with van der Waals surface area (Å²) in [4.78, 5) is 16.5. The molecule has 4 N–H and O–H groups in total. The van der Waals surface area contributed by atoms with Gasteiger partial charge in [-0.3, -0.25) is 4.79 Å². The minimum atomic E-state index is -0.269. The van der Waals surface area contributed by atoms with Crippen LogP contribution in [0.4, 0.5) is 5.69 Å². The molecule has 0 aliphatic carbocycles. The number of para-hydroxylation sites is 1. The van der Waals surface area contributed by atoms with Crippen molar-refractivity contribution in [1.29, 1.82) is 0 Å². The predicted octanol–water partition coefficient (Wildman–Crippen LogP) is 3.76. The smallest absolute Gasteiger partial charge is 0.251 e. The first-order chi connectivity index (χ1) is 11.3. The summed E-state index contributed by atoms with van der Waals surface area (Å²) in [6.07, 6.45) is 0. The maximum atomic E-state index is 12.2. The standard InChI is InChI=1S/C19H24N4O.HI/c1-19(2,3)23-17(24)15-9-7-8-14(12-15)13-21-18(20)22-16-10-5-4-6-11-16;/h4-12H,13H2,1-3H3,(H,23,24)(H3,20,21,22);1H. The quantitative estimate of drug-likeness (QED) is 0.376. The van der Waals surface area contributed by atoms with E-state index in [4.69, 9.17) is 5.73 Å². The Hall–Kier alpha value is -2.09. The number of aliphatic imine (C=N–C) groups is 1. The molecular weight excluding hydrogens is 427 g/mol. The second kappa shape index (κ2) is 9.41. The zero-order valence-corrected chi connectivity index (χ0v) is 17.1. The van der Waals surface area contributed by atoms with Gasteiger partial charge in [-0.15, -0.1) is 24.0 Å². The van der Waals surface area contributed by atoms with Crippen LogP contribution < -0.4 is 16.4 Å². The summed E-state index contributed by atoms with van der Waals surface area (Å²) in [5, 5.41) is 5.98. The molecule has 0 aliphatic heterocycles. The van der Waals surface area contributed by atoms with Gasteiger partial charge < -0.3 is 16.4 Å². The van der Waals surface area contributed by atoms with Gasteiger partial charge in [-0.2, -0.15) is 0 Å². The summed E-state index contributed by atoms with van der Waals surface area (Å²) in [7, 11) is 0. The van der Waals surface area contributed by atoms with Crippen LogP contribution in [0.3, 0.4) is 0 Å². The van der Waals surface area contributed by atoms with Crippen LogP contribution in [0.2, 0.25) is 0 Å². The first-order valence-corrected chi connectivity index (χ1v) is 7.87. The van der Waals surface area contributed by atoms with Crippen LogP contribution in [0.25, 0.3) is 0 Å². The Bertz CT molecular complexity index is 724. The molecule has 1 amide bonds. The van der Waals surface area contributed by atoms with Crippen LogP contribution >= 0.6 is 24.0 Å². The zero-order valence-electron chi connectivity index (χ0n) is 14.7. The molecule has 0 atom stereocenters. The van der Waals surface area contributed by atoms with Gasteiger partial charge in [-0.25, -0.2) is 4.99 Å². The lowest BCUT2D eigenvalue weighted by Crippen LogP contribution is -2.40. The van der Waals surface area contributed by atoms with E-state index in [0.717, 1.165) is 11.3 Å². The molecule has 0 unspecified atom stereocenters. The van der Waals surface area contributed by atoms with E-state index in [-0.39, 0.29) is 35.4 Å². The average Bonchev–Trinajstić information content (AvgIpc) is 2.53. The van der Waals surface area contributed by atoms with Gasteiger partial charge in [0.15, 0.2) is 5.96 Å². The molecule has 0 aromatic heterocycles. The molecule has 0 heterocycles. The second-order valence-corrected chi connectivity index (χ2v) is 6.60. The fourth-order valence-electron chi connectivity index (χ4n) is 2.11. The van der Waals surface area contributed by atoms with E-state index < -0.39 is 0 Å². The molecule has 0 fully saturated rings. The highest BCUT2D eigenvalue weighted by molar-refractivity contribution is 14.0. The first kappa shape index (κ1) is 21.0. The molecule has 0 spiro atoms. The normalized spacial score (nSPS) is 11.4.